The Morgan fingerprint density at radius 2 is 1.95 bits per heavy atom. The zero-order valence-electron chi connectivity index (χ0n) is 11.9. The van der Waals surface area contributed by atoms with Crippen LogP contribution in [-0.4, -0.2) is 19.0 Å². The lowest BCUT2D eigenvalue weighted by Crippen LogP contribution is -2.34. The van der Waals surface area contributed by atoms with Crippen molar-refractivity contribution in [2.45, 2.75) is 26.7 Å². The molecule has 3 heteroatoms. The summed E-state index contributed by atoms with van der Waals surface area (Å²) < 4.78 is 0. The van der Waals surface area contributed by atoms with Crippen LogP contribution in [0.25, 0.3) is 0 Å². The standard InChI is InChI=1S/C16H23N3/c1-12(2)10-18-15(17)19-11-16(3)8-13-6-4-5-7-14(13)9-16/h4-7H,1,8-11H2,2-3H3,(H3,17,18,19). The van der Waals surface area contributed by atoms with E-state index in [1.165, 1.54) is 11.1 Å². The van der Waals surface area contributed by atoms with E-state index in [0.717, 1.165) is 25.0 Å². The third-order valence-corrected chi connectivity index (χ3v) is 3.56. The molecule has 0 fully saturated rings. The first-order valence-electron chi connectivity index (χ1n) is 6.73. The van der Waals surface area contributed by atoms with Crippen LogP contribution in [0.4, 0.5) is 0 Å². The first-order valence-corrected chi connectivity index (χ1v) is 6.73. The number of rotatable bonds is 4. The summed E-state index contributed by atoms with van der Waals surface area (Å²) in [4.78, 5) is 4.48. The SMILES string of the molecule is C=C(C)CNC(N)=NCC1(C)Cc2ccccc2C1. The van der Waals surface area contributed by atoms with Crippen LogP contribution in [-0.2, 0) is 12.8 Å². The molecular formula is C16H23N3. The number of fused-ring (bicyclic) bond motifs is 1. The summed E-state index contributed by atoms with van der Waals surface area (Å²) in [5.41, 5.74) is 10.0. The van der Waals surface area contributed by atoms with E-state index in [0.29, 0.717) is 12.5 Å². The van der Waals surface area contributed by atoms with Gasteiger partial charge in [-0.2, -0.15) is 0 Å². The van der Waals surface area contributed by atoms with Crippen molar-refractivity contribution in [1.82, 2.24) is 5.32 Å². The average molecular weight is 257 g/mol. The zero-order valence-corrected chi connectivity index (χ0v) is 11.9. The molecule has 0 radical (unpaired) electrons. The Morgan fingerprint density at radius 3 is 2.47 bits per heavy atom. The lowest BCUT2D eigenvalue weighted by atomic mass is 9.87. The lowest BCUT2D eigenvalue weighted by molar-refractivity contribution is 0.360. The van der Waals surface area contributed by atoms with Crippen LogP contribution in [0.5, 0.6) is 0 Å². The zero-order chi connectivity index (χ0) is 13.9. The van der Waals surface area contributed by atoms with E-state index in [4.69, 9.17) is 5.73 Å². The molecule has 0 aliphatic heterocycles. The van der Waals surface area contributed by atoms with Crippen LogP contribution in [0.1, 0.15) is 25.0 Å². The molecule has 0 spiro atoms. The van der Waals surface area contributed by atoms with Crippen molar-refractivity contribution in [3.8, 4) is 0 Å². The Balaban J connectivity index is 1.94. The van der Waals surface area contributed by atoms with E-state index >= 15 is 0 Å². The van der Waals surface area contributed by atoms with Crippen LogP contribution < -0.4 is 11.1 Å². The van der Waals surface area contributed by atoms with Gasteiger partial charge in [-0.05, 0) is 36.3 Å². The molecule has 0 atom stereocenters. The number of nitrogens with one attached hydrogen (secondary N) is 1. The van der Waals surface area contributed by atoms with E-state index in [1.807, 2.05) is 6.92 Å². The van der Waals surface area contributed by atoms with Gasteiger partial charge in [0, 0.05) is 13.1 Å². The van der Waals surface area contributed by atoms with Crippen molar-refractivity contribution in [3.05, 3.63) is 47.5 Å². The molecule has 0 unspecified atom stereocenters. The minimum atomic E-state index is 0.194. The molecule has 3 nitrogen and oxygen atoms in total. The molecule has 102 valence electrons. The van der Waals surface area contributed by atoms with E-state index < -0.39 is 0 Å². The Hall–Kier alpha value is -1.77. The Labute approximate surface area is 115 Å². The number of guanidine groups is 1. The fourth-order valence-corrected chi connectivity index (χ4v) is 2.57. The normalized spacial score (nSPS) is 17.1. The van der Waals surface area contributed by atoms with Crippen molar-refractivity contribution in [2.75, 3.05) is 13.1 Å². The van der Waals surface area contributed by atoms with Crippen molar-refractivity contribution >= 4 is 5.96 Å². The van der Waals surface area contributed by atoms with Crippen molar-refractivity contribution in [2.24, 2.45) is 16.1 Å². The average Bonchev–Trinajstić information content (AvgIpc) is 2.70. The highest BCUT2D eigenvalue weighted by Crippen LogP contribution is 2.36. The summed E-state index contributed by atoms with van der Waals surface area (Å²) in [5, 5.41) is 3.07. The van der Waals surface area contributed by atoms with Crippen LogP contribution in [0.2, 0.25) is 0 Å². The maximum absolute atomic E-state index is 5.86. The molecule has 1 aliphatic rings. The smallest absolute Gasteiger partial charge is 0.188 e. The summed E-state index contributed by atoms with van der Waals surface area (Å²) in [6.07, 6.45) is 2.17. The summed E-state index contributed by atoms with van der Waals surface area (Å²) >= 11 is 0. The number of nitrogens with two attached hydrogens (primary N) is 1. The van der Waals surface area contributed by atoms with E-state index in [9.17, 15) is 0 Å². The third-order valence-electron chi connectivity index (χ3n) is 3.56. The fourth-order valence-electron chi connectivity index (χ4n) is 2.57. The van der Waals surface area contributed by atoms with Gasteiger partial charge in [-0.25, -0.2) is 0 Å². The highest BCUT2D eigenvalue weighted by molar-refractivity contribution is 5.78. The summed E-state index contributed by atoms with van der Waals surface area (Å²) in [6, 6.07) is 8.65. The monoisotopic (exact) mass is 257 g/mol. The second-order valence-corrected chi connectivity index (χ2v) is 5.95. The Bertz CT molecular complexity index is 477. The molecule has 0 heterocycles. The second kappa shape index (κ2) is 5.47. The van der Waals surface area contributed by atoms with Crippen LogP contribution in [0, 0.1) is 5.41 Å². The first-order chi connectivity index (χ1) is 8.98. The Kier molecular flexibility index (Phi) is 3.93. The van der Waals surface area contributed by atoms with Crippen molar-refractivity contribution in [1.29, 1.82) is 0 Å². The van der Waals surface area contributed by atoms with E-state index in [1.54, 1.807) is 0 Å². The molecule has 1 aromatic carbocycles. The molecule has 0 bridgehead atoms. The maximum Gasteiger partial charge on any atom is 0.188 e. The van der Waals surface area contributed by atoms with Gasteiger partial charge in [0.25, 0.3) is 0 Å². The van der Waals surface area contributed by atoms with Gasteiger partial charge in [-0.15, -0.1) is 0 Å². The van der Waals surface area contributed by atoms with Gasteiger partial charge in [-0.1, -0.05) is 43.3 Å². The molecular weight excluding hydrogens is 234 g/mol. The van der Waals surface area contributed by atoms with Gasteiger partial charge < -0.3 is 11.1 Å². The van der Waals surface area contributed by atoms with Gasteiger partial charge in [0.1, 0.15) is 0 Å². The minimum absolute atomic E-state index is 0.194. The molecule has 0 amide bonds. The first kappa shape index (κ1) is 13.7. The van der Waals surface area contributed by atoms with Gasteiger partial charge in [0.05, 0.1) is 0 Å². The third kappa shape index (κ3) is 3.60. The molecule has 0 aromatic heterocycles. The lowest BCUT2D eigenvalue weighted by Gasteiger charge is -2.21. The van der Waals surface area contributed by atoms with Crippen molar-refractivity contribution < 1.29 is 0 Å². The number of hydrogen-bond donors (Lipinski definition) is 2. The van der Waals surface area contributed by atoms with Crippen LogP contribution >= 0.6 is 0 Å². The molecule has 1 aliphatic carbocycles. The fraction of sp³-hybridized carbons (Fsp3) is 0.438. The van der Waals surface area contributed by atoms with Gasteiger partial charge >= 0.3 is 0 Å². The Morgan fingerprint density at radius 1 is 1.37 bits per heavy atom. The number of hydrogen-bond acceptors (Lipinski definition) is 1. The molecule has 1 aromatic rings. The quantitative estimate of drug-likeness (QED) is 0.494. The van der Waals surface area contributed by atoms with Crippen LogP contribution in [0.3, 0.4) is 0 Å². The summed E-state index contributed by atoms with van der Waals surface area (Å²) in [5.74, 6) is 0.514. The highest BCUT2D eigenvalue weighted by atomic mass is 15.1. The highest BCUT2D eigenvalue weighted by Gasteiger charge is 2.32. The number of benzene rings is 1. The summed E-state index contributed by atoms with van der Waals surface area (Å²) in [7, 11) is 0. The molecule has 2 rings (SSSR count). The minimum Gasteiger partial charge on any atom is -0.370 e. The van der Waals surface area contributed by atoms with E-state index in [-0.39, 0.29) is 5.41 Å². The predicted octanol–water partition coefficient (Wildman–Crippen LogP) is 2.27. The van der Waals surface area contributed by atoms with Gasteiger partial charge in [-0.3, -0.25) is 4.99 Å². The van der Waals surface area contributed by atoms with Crippen LogP contribution in [0.15, 0.2) is 41.4 Å². The van der Waals surface area contributed by atoms with Gasteiger partial charge in [0.15, 0.2) is 5.96 Å². The predicted molar refractivity (Wildman–Crippen MR) is 81.3 cm³/mol. The molecule has 0 saturated heterocycles. The maximum atomic E-state index is 5.86. The number of aliphatic imine (C=N–C) groups is 1. The molecule has 3 N–H and O–H groups in total. The largest absolute Gasteiger partial charge is 0.370 e. The number of nitrogens with zero attached hydrogens (tertiary/aromatic N) is 1. The van der Waals surface area contributed by atoms with Gasteiger partial charge in [0.2, 0.25) is 0 Å². The summed E-state index contributed by atoms with van der Waals surface area (Å²) in [6.45, 7) is 9.53. The molecule has 0 saturated carbocycles. The van der Waals surface area contributed by atoms with Crippen molar-refractivity contribution in [3.63, 3.8) is 0 Å². The van der Waals surface area contributed by atoms with E-state index in [2.05, 4.69) is 48.1 Å². The topological polar surface area (TPSA) is 50.4 Å². The second-order valence-electron chi connectivity index (χ2n) is 5.95. The molecule has 19 heavy (non-hydrogen) atoms.